The Morgan fingerprint density at radius 2 is 2.06 bits per heavy atom. The van der Waals surface area contributed by atoms with Crippen molar-refractivity contribution in [3.63, 3.8) is 0 Å². The van der Waals surface area contributed by atoms with Gasteiger partial charge in [-0.1, -0.05) is 0 Å². The molecule has 0 aromatic rings. The van der Waals surface area contributed by atoms with Crippen LogP contribution in [0.4, 0.5) is 0 Å². The van der Waals surface area contributed by atoms with Crippen LogP contribution < -0.4 is 11.1 Å². The number of aliphatic hydroxyl groups is 1. The Hall–Kier alpha value is -1.14. The monoisotopic (exact) mass is 244 g/mol. The molecule has 6 heteroatoms. The smallest absolute Gasteiger partial charge is 0.303 e. The van der Waals surface area contributed by atoms with Gasteiger partial charge in [-0.05, 0) is 31.1 Å². The SMILES string of the molecule is NC(CCC(=O)O)C(=O)NCC1(CCO)CC1. The Morgan fingerprint density at radius 3 is 2.53 bits per heavy atom. The van der Waals surface area contributed by atoms with E-state index in [-0.39, 0.29) is 30.8 Å². The summed E-state index contributed by atoms with van der Waals surface area (Å²) in [5.74, 6) is -1.26. The second kappa shape index (κ2) is 5.97. The van der Waals surface area contributed by atoms with Gasteiger partial charge in [0.25, 0.3) is 0 Å². The molecule has 1 fully saturated rings. The number of carboxylic acid groups (broad SMARTS) is 1. The van der Waals surface area contributed by atoms with E-state index in [0.717, 1.165) is 12.8 Å². The van der Waals surface area contributed by atoms with Crippen molar-refractivity contribution >= 4 is 11.9 Å². The van der Waals surface area contributed by atoms with Crippen LogP contribution in [-0.2, 0) is 9.59 Å². The van der Waals surface area contributed by atoms with E-state index in [1.807, 2.05) is 0 Å². The molecule has 1 unspecified atom stereocenters. The number of hydrogen-bond acceptors (Lipinski definition) is 4. The van der Waals surface area contributed by atoms with Crippen molar-refractivity contribution < 1.29 is 19.8 Å². The molecule has 1 aliphatic carbocycles. The molecule has 0 aliphatic heterocycles. The normalized spacial score (nSPS) is 18.5. The van der Waals surface area contributed by atoms with Gasteiger partial charge >= 0.3 is 5.97 Å². The molecular formula is C11H20N2O4. The lowest BCUT2D eigenvalue weighted by atomic mass is 10.0. The third-order valence-corrected chi connectivity index (χ3v) is 3.24. The van der Waals surface area contributed by atoms with Crippen LogP contribution in [0.3, 0.4) is 0 Å². The van der Waals surface area contributed by atoms with Crippen LogP contribution in [0.5, 0.6) is 0 Å². The number of aliphatic carboxylic acids is 1. The van der Waals surface area contributed by atoms with Crippen molar-refractivity contribution in [2.45, 2.75) is 38.1 Å². The second-order valence-electron chi connectivity index (χ2n) is 4.73. The summed E-state index contributed by atoms with van der Waals surface area (Å²) in [7, 11) is 0. The minimum Gasteiger partial charge on any atom is -0.481 e. The van der Waals surface area contributed by atoms with Crippen molar-refractivity contribution in [1.29, 1.82) is 0 Å². The first-order chi connectivity index (χ1) is 7.99. The highest BCUT2D eigenvalue weighted by Gasteiger charge is 2.42. The molecule has 1 saturated carbocycles. The van der Waals surface area contributed by atoms with Crippen LogP contribution in [-0.4, -0.2) is 41.3 Å². The molecule has 0 radical (unpaired) electrons. The Bertz CT molecular complexity index is 289. The second-order valence-corrected chi connectivity index (χ2v) is 4.73. The molecule has 5 N–H and O–H groups in total. The summed E-state index contributed by atoms with van der Waals surface area (Å²) in [6.45, 7) is 0.647. The van der Waals surface area contributed by atoms with E-state index in [9.17, 15) is 9.59 Å². The third kappa shape index (κ3) is 4.70. The predicted octanol–water partition coefficient (Wildman–Crippen LogP) is -0.543. The summed E-state index contributed by atoms with van der Waals surface area (Å²) in [6, 6.07) is -0.768. The van der Waals surface area contributed by atoms with Crippen LogP contribution in [0, 0.1) is 5.41 Å². The molecule has 1 rings (SSSR count). The van der Waals surface area contributed by atoms with Gasteiger partial charge in [0.1, 0.15) is 0 Å². The fourth-order valence-electron chi connectivity index (χ4n) is 1.74. The first-order valence-corrected chi connectivity index (χ1v) is 5.85. The summed E-state index contributed by atoms with van der Waals surface area (Å²) in [6.07, 6.45) is 2.76. The van der Waals surface area contributed by atoms with Crippen LogP contribution in [0.2, 0.25) is 0 Å². The summed E-state index contributed by atoms with van der Waals surface area (Å²) in [4.78, 5) is 21.9. The summed E-state index contributed by atoms with van der Waals surface area (Å²) < 4.78 is 0. The number of rotatable bonds is 8. The first kappa shape index (κ1) is 13.9. The third-order valence-electron chi connectivity index (χ3n) is 3.24. The number of aliphatic hydroxyl groups excluding tert-OH is 1. The molecule has 0 spiro atoms. The number of carboxylic acids is 1. The van der Waals surface area contributed by atoms with Crippen molar-refractivity contribution in [3.05, 3.63) is 0 Å². The van der Waals surface area contributed by atoms with Crippen molar-refractivity contribution in [3.8, 4) is 0 Å². The molecular weight excluding hydrogens is 224 g/mol. The largest absolute Gasteiger partial charge is 0.481 e. The average Bonchev–Trinajstić information content (AvgIpc) is 3.03. The molecule has 1 aliphatic rings. The highest BCUT2D eigenvalue weighted by atomic mass is 16.4. The Morgan fingerprint density at radius 1 is 1.41 bits per heavy atom. The zero-order valence-electron chi connectivity index (χ0n) is 9.82. The molecule has 0 bridgehead atoms. The average molecular weight is 244 g/mol. The zero-order valence-corrected chi connectivity index (χ0v) is 9.82. The first-order valence-electron chi connectivity index (χ1n) is 5.85. The van der Waals surface area contributed by atoms with Crippen molar-refractivity contribution in [2.75, 3.05) is 13.2 Å². The number of nitrogens with one attached hydrogen (secondary N) is 1. The molecule has 1 atom stereocenters. The Labute approximate surface area is 100 Å². The van der Waals surface area contributed by atoms with Gasteiger partial charge in [0.15, 0.2) is 0 Å². The lowest BCUT2D eigenvalue weighted by molar-refractivity contribution is -0.137. The number of carbonyl (C=O) groups is 2. The fourth-order valence-corrected chi connectivity index (χ4v) is 1.74. The van der Waals surface area contributed by atoms with Crippen molar-refractivity contribution in [1.82, 2.24) is 5.32 Å². The maximum atomic E-state index is 11.5. The quantitative estimate of drug-likeness (QED) is 0.458. The molecule has 6 nitrogen and oxygen atoms in total. The van der Waals surface area contributed by atoms with Gasteiger partial charge in [0.05, 0.1) is 6.04 Å². The van der Waals surface area contributed by atoms with Crippen LogP contribution in [0.25, 0.3) is 0 Å². The fraction of sp³-hybridized carbons (Fsp3) is 0.818. The van der Waals surface area contributed by atoms with Crippen molar-refractivity contribution in [2.24, 2.45) is 11.1 Å². The molecule has 17 heavy (non-hydrogen) atoms. The van der Waals surface area contributed by atoms with E-state index in [4.69, 9.17) is 15.9 Å². The highest BCUT2D eigenvalue weighted by Crippen LogP contribution is 2.47. The molecule has 0 saturated heterocycles. The number of amides is 1. The van der Waals surface area contributed by atoms with Gasteiger partial charge in [-0.25, -0.2) is 0 Å². The van der Waals surface area contributed by atoms with Crippen LogP contribution >= 0.6 is 0 Å². The van der Waals surface area contributed by atoms with E-state index in [1.165, 1.54) is 0 Å². The van der Waals surface area contributed by atoms with E-state index in [0.29, 0.717) is 13.0 Å². The summed E-state index contributed by atoms with van der Waals surface area (Å²) >= 11 is 0. The number of hydrogen-bond donors (Lipinski definition) is 4. The lowest BCUT2D eigenvalue weighted by Gasteiger charge is -2.16. The van der Waals surface area contributed by atoms with Crippen LogP contribution in [0.1, 0.15) is 32.1 Å². The van der Waals surface area contributed by atoms with Gasteiger partial charge in [-0.3, -0.25) is 9.59 Å². The summed E-state index contributed by atoms with van der Waals surface area (Å²) in [5.41, 5.74) is 5.62. The van der Waals surface area contributed by atoms with E-state index < -0.39 is 12.0 Å². The van der Waals surface area contributed by atoms with Gasteiger partial charge < -0.3 is 21.3 Å². The zero-order chi connectivity index (χ0) is 12.9. The lowest BCUT2D eigenvalue weighted by Crippen LogP contribution is -2.43. The maximum Gasteiger partial charge on any atom is 0.303 e. The molecule has 0 aromatic heterocycles. The van der Waals surface area contributed by atoms with Gasteiger partial charge in [0, 0.05) is 19.6 Å². The highest BCUT2D eigenvalue weighted by molar-refractivity contribution is 5.82. The minimum absolute atomic E-state index is 0.0525. The standard InChI is InChI=1S/C11H20N2O4/c12-8(1-2-9(15)16)10(17)13-7-11(3-4-11)5-6-14/h8,14H,1-7,12H2,(H,13,17)(H,15,16). The molecule has 98 valence electrons. The van der Waals surface area contributed by atoms with E-state index in [2.05, 4.69) is 5.32 Å². The van der Waals surface area contributed by atoms with Crippen LogP contribution in [0.15, 0.2) is 0 Å². The molecule has 1 amide bonds. The van der Waals surface area contributed by atoms with Gasteiger partial charge in [-0.2, -0.15) is 0 Å². The Kier molecular flexibility index (Phi) is 4.89. The van der Waals surface area contributed by atoms with Gasteiger partial charge in [0.2, 0.25) is 5.91 Å². The topological polar surface area (TPSA) is 113 Å². The Balaban J connectivity index is 2.22. The number of carbonyl (C=O) groups excluding carboxylic acids is 1. The number of nitrogens with two attached hydrogens (primary N) is 1. The predicted molar refractivity (Wildman–Crippen MR) is 61.2 cm³/mol. The molecule has 0 heterocycles. The summed E-state index contributed by atoms with van der Waals surface area (Å²) in [5, 5.41) is 20.1. The molecule has 0 aromatic carbocycles. The van der Waals surface area contributed by atoms with E-state index in [1.54, 1.807) is 0 Å². The van der Waals surface area contributed by atoms with E-state index >= 15 is 0 Å². The maximum absolute atomic E-state index is 11.5. The minimum atomic E-state index is -0.952. The van der Waals surface area contributed by atoms with Gasteiger partial charge in [-0.15, -0.1) is 0 Å².